The molecule has 1 atom stereocenters. The van der Waals surface area contributed by atoms with Crippen molar-refractivity contribution in [1.82, 2.24) is 4.90 Å². The van der Waals surface area contributed by atoms with E-state index in [1.807, 2.05) is 0 Å². The third-order valence-electron chi connectivity index (χ3n) is 4.36. The second kappa shape index (κ2) is 6.73. The SMILES string of the molecule is CCCN1CCCC(O)(Cc2cc(C)cc(C)c2)CC1. The molecule has 0 saturated carbocycles. The number of nitrogens with zero attached hydrogens (tertiary/aromatic N) is 1. The lowest BCUT2D eigenvalue weighted by Crippen LogP contribution is -2.33. The summed E-state index contributed by atoms with van der Waals surface area (Å²) < 4.78 is 0. The average molecular weight is 275 g/mol. The van der Waals surface area contributed by atoms with Crippen molar-refractivity contribution in [3.63, 3.8) is 0 Å². The quantitative estimate of drug-likeness (QED) is 0.909. The van der Waals surface area contributed by atoms with Gasteiger partial charge in [-0.2, -0.15) is 0 Å². The van der Waals surface area contributed by atoms with Gasteiger partial charge in [0.15, 0.2) is 0 Å². The second-order valence-corrected chi connectivity index (χ2v) is 6.59. The fourth-order valence-corrected chi connectivity index (χ4v) is 3.50. The number of aryl methyl sites for hydroxylation is 2. The van der Waals surface area contributed by atoms with Crippen molar-refractivity contribution in [3.05, 3.63) is 34.9 Å². The number of benzene rings is 1. The first-order valence-corrected chi connectivity index (χ1v) is 8.03. The molecule has 2 rings (SSSR count). The third-order valence-corrected chi connectivity index (χ3v) is 4.36. The zero-order valence-electron chi connectivity index (χ0n) is 13.3. The largest absolute Gasteiger partial charge is 0.389 e. The molecule has 0 amide bonds. The van der Waals surface area contributed by atoms with E-state index in [0.717, 1.165) is 38.8 Å². The number of hydrogen-bond donors (Lipinski definition) is 1. The highest BCUT2D eigenvalue weighted by atomic mass is 16.3. The van der Waals surface area contributed by atoms with Crippen LogP contribution in [0, 0.1) is 13.8 Å². The molecule has 2 heteroatoms. The molecule has 1 aromatic rings. The molecule has 0 radical (unpaired) electrons. The monoisotopic (exact) mass is 275 g/mol. The fraction of sp³-hybridized carbons (Fsp3) is 0.667. The Morgan fingerprint density at radius 1 is 1.10 bits per heavy atom. The fourth-order valence-electron chi connectivity index (χ4n) is 3.50. The normalized spacial score (nSPS) is 24.6. The van der Waals surface area contributed by atoms with Gasteiger partial charge in [-0.1, -0.05) is 36.2 Å². The van der Waals surface area contributed by atoms with Crippen LogP contribution in [0.3, 0.4) is 0 Å². The predicted octanol–water partition coefficient (Wildman–Crippen LogP) is 3.47. The van der Waals surface area contributed by atoms with Gasteiger partial charge >= 0.3 is 0 Å². The summed E-state index contributed by atoms with van der Waals surface area (Å²) in [5.41, 5.74) is 3.37. The maximum Gasteiger partial charge on any atom is 0.0700 e. The highest BCUT2D eigenvalue weighted by Crippen LogP contribution is 2.27. The number of hydrogen-bond acceptors (Lipinski definition) is 2. The molecular formula is C18H29NO. The summed E-state index contributed by atoms with van der Waals surface area (Å²) in [6.07, 6.45) is 4.95. The van der Waals surface area contributed by atoms with Crippen molar-refractivity contribution in [3.8, 4) is 0 Å². The van der Waals surface area contributed by atoms with Crippen LogP contribution in [0.2, 0.25) is 0 Å². The van der Waals surface area contributed by atoms with E-state index >= 15 is 0 Å². The van der Waals surface area contributed by atoms with Crippen LogP contribution in [0.1, 0.15) is 49.3 Å². The van der Waals surface area contributed by atoms with E-state index in [9.17, 15) is 5.11 Å². The summed E-state index contributed by atoms with van der Waals surface area (Å²) >= 11 is 0. The molecule has 20 heavy (non-hydrogen) atoms. The molecule has 1 saturated heterocycles. The Bertz CT molecular complexity index is 423. The maximum atomic E-state index is 10.9. The van der Waals surface area contributed by atoms with Gasteiger partial charge in [0.25, 0.3) is 0 Å². The zero-order chi connectivity index (χ0) is 14.6. The molecular weight excluding hydrogens is 246 g/mol. The van der Waals surface area contributed by atoms with Gasteiger partial charge in [0.1, 0.15) is 0 Å². The highest BCUT2D eigenvalue weighted by molar-refractivity contribution is 5.29. The Morgan fingerprint density at radius 2 is 1.80 bits per heavy atom. The Balaban J connectivity index is 2.03. The first kappa shape index (κ1) is 15.5. The summed E-state index contributed by atoms with van der Waals surface area (Å²) in [6.45, 7) is 9.84. The average Bonchev–Trinajstić information content (AvgIpc) is 2.51. The Morgan fingerprint density at radius 3 is 2.45 bits per heavy atom. The molecule has 1 heterocycles. The number of rotatable bonds is 4. The van der Waals surface area contributed by atoms with Crippen molar-refractivity contribution >= 4 is 0 Å². The molecule has 0 bridgehead atoms. The summed E-state index contributed by atoms with van der Waals surface area (Å²) in [5.74, 6) is 0. The van der Waals surface area contributed by atoms with E-state index in [2.05, 4.69) is 43.9 Å². The van der Waals surface area contributed by atoms with Crippen LogP contribution in [-0.2, 0) is 6.42 Å². The molecule has 1 aromatic carbocycles. The molecule has 2 nitrogen and oxygen atoms in total. The van der Waals surface area contributed by atoms with E-state index in [4.69, 9.17) is 0 Å². The van der Waals surface area contributed by atoms with Gasteiger partial charge in [-0.15, -0.1) is 0 Å². The first-order valence-electron chi connectivity index (χ1n) is 8.03. The second-order valence-electron chi connectivity index (χ2n) is 6.59. The van der Waals surface area contributed by atoms with Gasteiger partial charge in [0, 0.05) is 13.0 Å². The minimum absolute atomic E-state index is 0.511. The van der Waals surface area contributed by atoms with E-state index in [0.29, 0.717) is 0 Å². The Kier molecular flexibility index (Phi) is 5.22. The molecule has 0 aromatic heterocycles. The molecule has 0 aliphatic carbocycles. The topological polar surface area (TPSA) is 23.5 Å². The van der Waals surface area contributed by atoms with Crippen LogP contribution >= 0.6 is 0 Å². The van der Waals surface area contributed by atoms with E-state index in [1.54, 1.807) is 0 Å². The zero-order valence-corrected chi connectivity index (χ0v) is 13.3. The van der Waals surface area contributed by atoms with Crippen LogP contribution in [0.5, 0.6) is 0 Å². The van der Waals surface area contributed by atoms with Gasteiger partial charge in [-0.05, 0) is 58.2 Å². The lowest BCUT2D eigenvalue weighted by atomic mass is 9.87. The molecule has 1 aliphatic heterocycles. The van der Waals surface area contributed by atoms with Crippen molar-refractivity contribution < 1.29 is 5.11 Å². The molecule has 1 unspecified atom stereocenters. The number of aliphatic hydroxyl groups is 1. The van der Waals surface area contributed by atoms with Crippen LogP contribution < -0.4 is 0 Å². The molecule has 1 N–H and O–H groups in total. The summed E-state index contributed by atoms with van der Waals surface area (Å²) in [7, 11) is 0. The van der Waals surface area contributed by atoms with Crippen molar-refractivity contribution in [2.45, 2.75) is 58.5 Å². The van der Waals surface area contributed by atoms with Crippen molar-refractivity contribution in [2.24, 2.45) is 0 Å². The van der Waals surface area contributed by atoms with E-state index in [1.165, 1.54) is 29.7 Å². The maximum absolute atomic E-state index is 10.9. The molecule has 112 valence electrons. The lowest BCUT2D eigenvalue weighted by molar-refractivity contribution is 0.0257. The highest BCUT2D eigenvalue weighted by Gasteiger charge is 2.30. The Labute approximate surface area is 123 Å². The third kappa shape index (κ3) is 4.32. The van der Waals surface area contributed by atoms with Crippen LogP contribution in [-0.4, -0.2) is 35.2 Å². The molecule has 1 fully saturated rings. The summed E-state index contributed by atoms with van der Waals surface area (Å²) in [5, 5.41) is 10.9. The standard InChI is InChI=1S/C18H29NO/c1-4-8-19-9-5-6-18(20,7-10-19)14-17-12-15(2)11-16(3)13-17/h11-13,20H,4-10,14H2,1-3H3. The first-order chi connectivity index (χ1) is 9.50. The molecule has 1 aliphatic rings. The minimum Gasteiger partial charge on any atom is -0.389 e. The lowest BCUT2D eigenvalue weighted by Gasteiger charge is -2.27. The van der Waals surface area contributed by atoms with Crippen LogP contribution in [0.25, 0.3) is 0 Å². The van der Waals surface area contributed by atoms with E-state index < -0.39 is 5.60 Å². The summed E-state index contributed by atoms with van der Waals surface area (Å²) in [4.78, 5) is 2.50. The van der Waals surface area contributed by atoms with Gasteiger partial charge in [-0.25, -0.2) is 0 Å². The van der Waals surface area contributed by atoms with Gasteiger partial charge in [-0.3, -0.25) is 0 Å². The summed E-state index contributed by atoms with van der Waals surface area (Å²) in [6, 6.07) is 6.64. The van der Waals surface area contributed by atoms with Crippen molar-refractivity contribution in [2.75, 3.05) is 19.6 Å². The smallest absolute Gasteiger partial charge is 0.0700 e. The Hall–Kier alpha value is -0.860. The van der Waals surface area contributed by atoms with Gasteiger partial charge in [0.2, 0.25) is 0 Å². The van der Waals surface area contributed by atoms with Gasteiger partial charge < -0.3 is 10.0 Å². The minimum atomic E-state index is -0.511. The number of likely N-dealkylation sites (tertiary alicyclic amines) is 1. The van der Waals surface area contributed by atoms with Crippen LogP contribution in [0.4, 0.5) is 0 Å². The predicted molar refractivity (Wildman–Crippen MR) is 85.2 cm³/mol. The van der Waals surface area contributed by atoms with Crippen LogP contribution in [0.15, 0.2) is 18.2 Å². The van der Waals surface area contributed by atoms with Crippen molar-refractivity contribution in [1.29, 1.82) is 0 Å². The molecule has 0 spiro atoms. The van der Waals surface area contributed by atoms with Gasteiger partial charge in [0.05, 0.1) is 5.60 Å². The van der Waals surface area contributed by atoms with E-state index in [-0.39, 0.29) is 0 Å².